The third-order valence-corrected chi connectivity index (χ3v) is 3.11. The molecule has 0 aliphatic carbocycles. The molecule has 0 N–H and O–H groups in total. The minimum atomic E-state index is -0.665. The van der Waals surface area contributed by atoms with Crippen LogP contribution in [0.25, 0.3) is 0 Å². The van der Waals surface area contributed by atoms with Crippen molar-refractivity contribution in [2.24, 2.45) is 0 Å². The van der Waals surface area contributed by atoms with E-state index in [1.807, 2.05) is 4.90 Å². The molecule has 0 aromatic heterocycles. The highest BCUT2D eigenvalue weighted by Crippen LogP contribution is 2.19. The molecule has 0 amide bonds. The topological polar surface area (TPSA) is 6.48 Å². The molecule has 0 spiro atoms. The second-order valence-corrected chi connectivity index (χ2v) is 4.21. The van der Waals surface area contributed by atoms with Gasteiger partial charge in [0.1, 0.15) is 0 Å². The van der Waals surface area contributed by atoms with Gasteiger partial charge in [0.25, 0.3) is 0 Å². The fourth-order valence-electron chi connectivity index (χ4n) is 2.30. The van der Waals surface area contributed by atoms with Crippen molar-refractivity contribution in [3.63, 3.8) is 0 Å². The molecule has 0 aromatic carbocycles. The van der Waals surface area contributed by atoms with Gasteiger partial charge in [-0.1, -0.05) is 6.42 Å². The summed E-state index contributed by atoms with van der Waals surface area (Å²) in [6.45, 7) is 4.16. The van der Waals surface area contributed by atoms with Crippen molar-refractivity contribution in [3.8, 4) is 0 Å². The van der Waals surface area contributed by atoms with Gasteiger partial charge in [-0.2, -0.15) is 0 Å². The zero-order chi connectivity index (χ0) is 9.10. The lowest BCUT2D eigenvalue weighted by molar-refractivity contribution is 0.0507. The van der Waals surface area contributed by atoms with Crippen molar-refractivity contribution in [1.82, 2.24) is 9.80 Å². The molecule has 2 rings (SSSR count). The molecule has 0 bridgehead atoms. The zero-order valence-corrected chi connectivity index (χ0v) is 8.21. The van der Waals surface area contributed by atoms with Crippen LogP contribution in [0.5, 0.6) is 0 Å². The quantitative estimate of drug-likeness (QED) is 0.607. The average Bonchev–Trinajstić information content (AvgIpc) is 2.54. The standard InChI is InChI=1S/C10H19FN2/c11-10-5-4-8-13(10)9-12-6-2-1-3-7-12/h10H,1-9H2/t10-/m1/s1. The largest absolute Gasteiger partial charge is 0.290 e. The highest BCUT2D eigenvalue weighted by molar-refractivity contribution is 4.72. The van der Waals surface area contributed by atoms with Crippen molar-refractivity contribution in [1.29, 1.82) is 0 Å². The van der Waals surface area contributed by atoms with Crippen LogP contribution < -0.4 is 0 Å². The molecule has 2 fully saturated rings. The van der Waals surface area contributed by atoms with Crippen LogP contribution in [-0.2, 0) is 0 Å². The molecule has 0 radical (unpaired) electrons. The molecule has 3 heteroatoms. The van der Waals surface area contributed by atoms with Gasteiger partial charge in [0.15, 0.2) is 6.30 Å². The third kappa shape index (κ3) is 2.41. The number of hydrogen-bond acceptors (Lipinski definition) is 2. The van der Waals surface area contributed by atoms with E-state index >= 15 is 0 Å². The van der Waals surface area contributed by atoms with Crippen LogP contribution in [0.15, 0.2) is 0 Å². The zero-order valence-electron chi connectivity index (χ0n) is 8.21. The molecule has 2 nitrogen and oxygen atoms in total. The Morgan fingerprint density at radius 2 is 1.77 bits per heavy atom. The summed E-state index contributed by atoms with van der Waals surface area (Å²) in [5, 5.41) is 0. The number of halogens is 1. The predicted octanol–water partition coefficient (Wildman–Crippen LogP) is 1.82. The summed E-state index contributed by atoms with van der Waals surface area (Å²) in [6.07, 6.45) is 5.07. The summed E-state index contributed by atoms with van der Waals surface area (Å²) in [6, 6.07) is 0. The SMILES string of the molecule is F[C@H]1CCCN1CN1CCCCC1. The Morgan fingerprint density at radius 3 is 2.38 bits per heavy atom. The Morgan fingerprint density at radius 1 is 1.00 bits per heavy atom. The second kappa shape index (κ2) is 4.38. The first-order chi connectivity index (χ1) is 6.36. The number of hydrogen-bond donors (Lipinski definition) is 0. The molecule has 76 valence electrons. The molecular weight excluding hydrogens is 167 g/mol. The fraction of sp³-hybridized carbons (Fsp3) is 1.00. The van der Waals surface area contributed by atoms with Crippen LogP contribution in [0.1, 0.15) is 32.1 Å². The first kappa shape index (κ1) is 9.41. The smallest absolute Gasteiger partial charge is 0.154 e. The van der Waals surface area contributed by atoms with E-state index in [2.05, 4.69) is 4.90 Å². The van der Waals surface area contributed by atoms with E-state index in [1.165, 1.54) is 32.4 Å². The number of rotatable bonds is 2. The van der Waals surface area contributed by atoms with Gasteiger partial charge in [0, 0.05) is 6.54 Å². The number of likely N-dealkylation sites (tertiary alicyclic amines) is 2. The first-order valence-corrected chi connectivity index (χ1v) is 5.47. The number of nitrogens with zero attached hydrogens (tertiary/aromatic N) is 2. The van der Waals surface area contributed by atoms with Crippen LogP contribution in [0.4, 0.5) is 4.39 Å². The van der Waals surface area contributed by atoms with Crippen LogP contribution >= 0.6 is 0 Å². The molecule has 2 heterocycles. The summed E-state index contributed by atoms with van der Waals surface area (Å²) < 4.78 is 13.2. The van der Waals surface area contributed by atoms with Gasteiger partial charge in [-0.05, 0) is 38.8 Å². The summed E-state index contributed by atoms with van der Waals surface area (Å²) in [4.78, 5) is 4.37. The number of alkyl halides is 1. The van der Waals surface area contributed by atoms with Crippen LogP contribution in [0, 0.1) is 0 Å². The maximum atomic E-state index is 13.2. The van der Waals surface area contributed by atoms with Gasteiger partial charge in [0.2, 0.25) is 0 Å². The van der Waals surface area contributed by atoms with Gasteiger partial charge >= 0.3 is 0 Å². The van der Waals surface area contributed by atoms with E-state index in [4.69, 9.17) is 0 Å². The second-order valence-electron chi connectivity index (χ2n) is 4.21. The Kier molecular flexibility index (Phi) is 3.17. The molecule has 2 saturated heterocycles. The predicted molar refractivity (Wildman–Crippen MR) is 51.1 cm³/mol. The molecule has 2 aliphatic heterocycles. The summed E-state index contributed by atoms with van der Waals surface area (Å²) in [5.74, 6) is 0. The van der Waals surface area contributed by atoms with Gasteiger partial charge in [-0.15, -0.1) is 0 Å². The monoisotopic (exact) mass is 186 g/mol. The summed E-state index contributed by atoms with van der Waals surface area (Å²) >= 11 is 0. The van der Waals surface area contributed by atoms with Gasteiger partial charge < -0.3 is 0 Å². The highest BCUT2D eigenvalue weighted by Gasteiger charge is 2.25. The molecular formula is C10H19FN2. The van der Waals surface area contributed by atoms with Gasteiger partial charge in [-0.25, -0.2) is 4.39 Å². The Balaban J connectivity index is 1.75. The molecule has 0 aromatic rings. The molecule has 1 atom stereocenters. The van der Waals surface area contributed by atoms with Gasteiger partial charge in [-0.3, -0.25) is 9.80 Å². The third-order valence-electron chi connectivity index (χ3n) is 3.11. The minimum absolute atomic E-state index is 0.665. The van der Waals surface area contributed by atoms with E-state index in [1.54, 1.807) is 0 Å². The van der Waals surface area contributed by atoms with E-state index < -0.39 is 6.30 Å². The molecule has 13 heavy (non-hydrogen) atoms. The van der Waals surface area contributed by atoms with Crippen molar-refractivity contribution < 1.29 is 4.39 Å². The number of piperidine rings is 1. The molecule has 2 aliphatic rings. The van der Waals surface area contributed by atoms with Gasteiger partial charge in [0.05, 0.1) is 6.67 Å². The maximum Gasteiger partial charge on any atom is 0.154 e. The van der Waals surface area contributed by atoms with Crippen molar-refractivity contribution in [3.05, 3.63) is 0 Å². The first-order valence-electron chi connectivity index (χ1n) is 5.47. The summed E-state index contributed by atoms with van der Waals surface area (Å²) in [7, 11) is 0. The Hall–Kier alpha value is -0.150. The lowest BCUT2D eigenvalue weighted by atomic mass is 10.1. The Bertz CT molecular complexity index is 157. The minimum Gasteiger partial charge on any atom is -0.290 e. The van der Waals surface area contributed by atoms with Crippen LogP contribution in [-0.4, -0.2) is 42.4 Å². The lowest BCUT2D eigenvalue weighted by Crippen LogP contribution is -2.41. The van der Waals surface area contributed by atoms with Crippen LogP contribution in [0.2, 0.25) is 0 Å². The normalized spacial score (nSPS) is 32.5. The van der Waals surface area contributed by atoms with E-state index in [0.717, 1.165) is 26.1 Å². The average molecular weight is 186 g/mol. The van der Waals surface area contributed by atoms with E-state index in [9.17, 15) is 4.39 Å². The molecule has 0 saturated carbocycles. The summed E-state index contributed by atoms with van der Waals surface area (Å²) in [5.41, 5.74) is 0. The van der Waals surface area contributed by atoms with Crippen LogP contribution in [0.3, 0.4) is 0 Å². The Labute approximate surface area is 79.7 Å². The van der Waals surface area contributed by atoms with Crippen molar-refractivity contribution in [2.45, 2.75) is 38.4 Å². The lowest BCUT2D eigenvalue weighted by Gasteiger charge is -2.31. The molecule has 0 unspecified atom stereocenters. The van der Waals surface area contributed by atoms with Crippen molar-refractivity contribution in [2.75, 3.05) is 26.3 Å². The fourth-order valence-corrected chi connectivity index (χ4v) is 2.30. The highest BCUT2D eigenvalue weighted by atomic mass is 19.1. The maximum absolute atomic E-state index is 13.2. The van der Waals surface area contributed by atoms with E-state index in [0.29, 0.717) is 0 Å². The van der Waals surface area contributed by atoms with E-state index in [-0.39, 0.29) is 0 Å². The van der Waals surface area contributed by atoms with Crippen molar-refractivity contribution >= 4 is 0 Å².